The SMILES string of the molecule is C[C]1OC[C@H]([C@H]2O[C@@H]3OC(C)(C)O[C@@H]3[C@H]2OCc2ccccc2)O1. The zero-order valence-electron chi connectivity index (χ0n) is 14.1. The molecule has 3 saturated heterocycles. The van der Waals surface area contributed by atoms with E-state index < -0.39 is 12.1 Å². The summed E-state index contributed by atoms with van der Waals surface area (Å²) in [6.45, 7) is 6.49. The molecule has 0 unspecified atom stereocenters. The summed E-state index contributed by atoms with van der Waals surface area (Å²) in [4.78, 5) is 0. The van der Waals surface area contributed by atoms with Crippen molar-refractivity contribution >= 4 is 0 Å². The molecular formula is C18H23O6. The molecule has 0 bridgehead atoms. The minimum Gasteiger partial charge on any atom is -0.368 e. The molecular weight excluding hydrogens is 312 g/mol. The highest BCUT2D eigenvalue weighted by molar-refractivity contribution is 5.13. The third kappa shape index (κ3) is 3.22. The van der Waals surface area contributed by atoms with E-state index in [1.54, 1.807) is 6.92 Å². The van der Waals surface area contributed by atoms with E-state index in [0.717, 1.165) is 5.56 Å². The Morgan fingerprint density at radius 3 is 2.62 bits per heavy atom. The second-order valence-electron chi connectivity index (χ2n) is 6.79. The second kappa shape index (κ2) is 6.37. The van der Waals surface area contributed by atoms with Crippen LogP contribution in [0.5, 0.6) is 0 Å². The van der Waals surface area contributed by atoms with Gasteiger partial charge in [0, 0.05) is 0 Å². The van der Waals surface area contributed by atoms with Gasteiger partial charge in [-0.2, -0.15) is 0 Å². The fourth-order valence-electron chi connectivity index (χ4n) is 3.40. The smallest absolute Gasteiger partial charge is 0.221 e. The van der Waals surface area contributed by atoms with Crippen LogP contribution in [0, 0.1) is 6.29 Å². The normalized spacial score (nSPS) is 38.5. The average Bonchev–Trinajstić information content (AvgIpc) is 3.18. The Morgan fingerprint density at radius 2 is 1.92 bits per heavy atom. The first kappa shape index (κ1) is 16.4. The van der Waals surface area contributed by atoms with Crippen LogP contribution in [-0.4, -0.2) is 43.1 Å². The lowest BCUT2D eigenvalue weighted by Crippen LogP contribution is -2.43. The Labute approximate surface area is 141 Å². The summed E-state index contributed by atoms with van der Waals surface area (Å²) < 4.78 is 35.3. The van der Waals surface area contributed by atoms with Gasteiger partial charge in [-0.05, 0) is 26.3 Å². The number of fused-ring (bicyclic) bond motifs is 1. The summed E-state index contributed by atoms with van der Waals surface area (Å²) >= 11 is 0. The Bertz CT molecular complexity index is 562. The van der Waals surface area contributed by atoms with Gasteiger partial charge in [-0.25, -0.2) is 0 Å². The highest BCUT2D eigenvalue weighted by Gasteiger charge is 2.58. The average molecular weight is 335 g/mol. The van der Waals surface area contributed by atoms with Crippen molar-refractivity contribution in [1.82, 2.24) is 0 Å². The molecule has 0 saturated carbocycles. The molecule has 0 amide bonds. The third-order valence-corrected chi connectivity index (χ3v) is 4.45. The fraction of sp³-hybridized carbons (Fsp3) is 0.611. The van der Waals surface area contributed by atoms with E-state index in [-0.39, 0.29) is 24.4 Å². The minimum atomic E-state index is -0.677. The van der Waals surface area contributed by atoms with Gasteiger partial charge in [-0.1, -0.05) is 30.3 Å². The molecule has 3 heterocycles. The van der Waals surface area contributed by atoms with Gasteiger partial charge in [0.1, 0.15) is 24.4 Å². The number of rotatable bonds is 4. The largest absolute Gasteiger partial charge is 0.368 e. The molecule has 3 aliphatic heterocycles. The van der Waals surface area contributed by atoms with Crippen LogP contribution >= 0.6 is 0 Å². The van der Waals surface area contributed by atoms with Gasteiger partial charge in [0.15, 0.2) is 12.1 Å². The van der Waals surface area contributed by atoms with Gasteiger partial charge in [0.05, 0.1) is 13.2 Å². The predicted octanol–water partition coefficient (Wildman–Crippen LogP) is 2.37. The number of hydrogen-bond donors (Lipinski definition) is 0. The molecule has 1 aromatic rings. The molecule has 1 radical (unpaired) electrons. The van der Waals surface area contributed by atoms with Crippen LogP contribution in [-0.2, 0) is 35.0 Å². The summed E-state index contributed by atoms with van der Waals surface area (Å²) in [6.07, 6.45) is -0.960. The van der Waals surface area contributed by atoms with Gasteiger partial charge in [0.2, 0.25) is 6.29 Å². The zero-order valence-corrected chi connectivity index (χ0v) is 14.1. The van der Waals surface area contributed by atoms with Crippen LogP contribution in [0.25, 0.3) is 0 Å². The van der Waals surface area contributed by atoms with Crippen LogP contribution in [0.3, 0.4) is 0 Å². The van der Waals surface area contributed by atoms with Crippen molar-refractivity contribution < 1.29 is 28.4 Å². The maximum absolute atomic E-state index is 6.18. The molecule has 6 heteroatoms. The number of benzene rings is 1. The summed E-state index contributed by atoms with van der Waals surface area (Å²) in [7, 11) is 0. The van der Waals surface area contributed by atoms with E-state index >= 15 is 0 Å². The Kier molecular flexibility index (Phi) is 4.36. The molecule has 131 valence electrons. The number of hydrogen-bond acceptors (Lipinski definition) is 6. The Balaban J connectivity index is 1.49. The van der Waals surface area contributed by atoms with Gasteiger partial charge in [-0.3, -0.25) is 0 Å². The first-order valence-corrected chi connectivity index (χ1v) is 8.31. The lowest BCUT2D eigenvalue weighted by atomic mass is 10.1. The molecule has 3 fully saturated rings. The molecule has 0 N–H and O–H groups in total. The summed E-state index contributed by atoms with van der Waals surface area (Å²) in [6, 6.07) is 10.0. The van der Waals surface area contributed by atoms with Crippen LogP contribution in [0.1, 0.15) is 26.3 Å². The molecule has 0 spiro atoms. The monoisotopic (exact) mass is 335 g/mol. The molecule has 24 heavy (non-hydrogen) atoms. The maximum Gasteiger partial charge on any atom is 0.221 e. The quantitative estimate of drug-likeness (QED) is 0.842. The predicted molar refractivity (Wildman–Crippen MR) is 83.5 cm³/mol. The van der Waals surface area contributed by atoms with Crippen LogP contribution < -0.4 is 0 Å². The molecule has 5 atom stereocenters. The topological polar surface area (TPSA) is 55.4 Å². The summed E-state index contributed by atoms with van der Waals surface area (Å²) in [5, 5.41) is 0. The van der Waals surface area contributed by atoms with Gasteiger partial charge >= 0.3 is 0 Å². The second-order valence-corrected chi connectivity index (χ2v) is 6.79. The molecule has 3 aliphatic rings. The molecule has 4 rings (SSSR count). The third-order valence-electron chi connectivity index (χ3n) is 4.45. The van der Waals surface area contributed by atoms with E-state index in [1.807, 2.05) is 44.2 Å². The van der Waals surface area contributed by atoms with E-state index in [4.69, 9.17) is 28.4 Å². The van der Waals surface area contributed by atoms with E-state index in [1.165, 1.54) is 0 Å². The van der Waals surface area contributed by atoms with Crippen molar-refractivity contribution in [3.05, 3.63) is 42.2 Å². The van der Waals surface area contributed by atoms with Crippen molar-refractivity contribution in [2.75, 3.05) is 6.61 Å². The fourth-order valence-corrected chi connectivity index (χ4v) is 3.40. The van der Waals surface area contributed by atoms with Crippen LogP contribution in [0.2, 0.25) is 0 Å². The highest BCUT2D eigenvalue weighted by atomic mass is 16.8. The minimum absolute atomic E-state index is 0.216. The van der Waals surface area contributed by atoms with E-state index in [0.29, 0.717) is 19.5 Å². The van der Waals surface area contributed by atoms with E-state index in [9.17, 15) is 0 Å². The molecule has 0 aliphatic carbocycles. The van der Waals surface area contributed by atoms with Gasteiger partial charge in [-0.15, -0.1) is 0 Å². The lowest BCUT2D eigenvalue weighted by molar-refractivity contribution is -0.229. The molecule has 6 nitrogen and oxygen atoms in total. The summed E-state index contributed by atoms with van der Waals surface area (Å²) in [5.74, 6) is -0.677. The zero-order chi connectivity index (χ0) is 16.7. The molecule has 0 aromatic heterocycles. The lowest BCUT2D eigenvalue weighted by Gasteiger charge is -2.28. The van der Waals surface area contributed by atoms with Crippen LogP contribution in [0.4, 0.5) is 0 Å². The Morgan fingerprint density at radius 1 is 1.12 bits per heavy atom. The highest BCUT2D eigenvalue weighted by Crippen LogP contribution is 2.41. The van der Waals surface area contributed by atoms with Crippen molar-refractivity contribution in [3.8, 4) is 0 Å². The van der Waals surface area contributed by atoms with Crippen molar-refractivity contribution in [2.45, 2.75) is 63.9 Å². The van der Waals surface area contributed by atoms with Crippen molar-refractivity contribution in [3.63, 3.8) is 0 Å². The Hall–Kier alpha value is -1.02. The van der Waals surface area contributed by atoms with Gasteiger partial charge in [0.25, 0.3) is 0 Å². The first-order chi connectivity index (χ1) is 11.5. The van der Waals surface area contributed by atoms with Gasteiger partial charge < -0.3 is 28.4 Å². The van der Waals surface area contributed by atoms with Crippen LogP contribution in [0.15, 0.2) is 30.3 Å². The number of ether oxygens (including phenoxy) is 6. The first-order valence-electron chi connectivity index (χ1n) is 8.31. The van der Waals surface area contributed by atoms with Crippen molar-refractivity contribution in [2.24, 2.45) is 0 Å². The molecule has 1 aromatic carbocycles. The standard InChI is InChI=1S/C18H23O6/c1-11-19-10-13(21-11)14-15(20-9-12-7-5-4-6-8-12)16-17(22-14)24-18(2,3)23-16/h4-8,13-17H,9-10H2,1-3H3/t13-,14-,15+,16-,17-/m1/s1. The van der Waals surface area contributed by atoms with E-state index in [2.05, 4.69) is 0 Å². The maximum atomic E-state index is 6.18. The van der Waals surface area contributed by atoms with Crippen molar-refractivity contribution in [1.29, 1.82) is 0 Å². The summed E-state index contributed by atoms with van der Waals surface area (Å²) in [5.41, 5.74) is 1.10.